The van der Waals surface area contributed by atoms with Crippen LogP contribution < -0.4 is 5.43 Å². The number of nitrogens with one attached hydrogen (secondary N) is 1. The summed E-state index contributed by atoms with van der Waals surface area (Å²) < 4.78 is 3.53. The van der Waals surface area contributed by atoms with Crippen molar-refractivity contribution >= 4 is 16.7 Å². The number of nitrogens with zero attached hydrogens (tertiary/aromatic N) is 5. The highest BCUT2D eigenvalue weighted by Gasteiger charge is 2.02. The van der Waals surface area contributed by atoms with Crippen LogP contribution in [0.2, 0.25) is 0 Å². The first-order chi connectivity index (χ1) is 7.83. The van der Waals surface area contributed by atoms with Crippen LogP contribution in [-0.2, 0) is 7.05 Å². The van der Waals surface area contributed by atoms with Gasteiger partial charge in [-0.25, -0.2) is 9.67 Å². The molecule has 0 saturated carbocycles. The summed E-state index contributed by atoms with van der Waals surface area (Å²) in [6.45, 7) is 0. The van der Waals surface area contributed by atoms with Gasteiger partial charge in [-0.2, -0.15) is 0 Å². The molecule has 0 saturated heterocycles. The van der Waals surface area contributed by atoms with E-state index >= 15 is 0 Å². The Morgan fingerprint density at radius 2 is 2.25 bits per heavy atom. The summed E-state index contributed by atoms with van der Waals surface area (Å²) >= 11 is 0. The third-order valence-corrected chi connectivity index (χ3v) is 2.37. The molecule has 80 valence electrons. The molecule has 2 aromatic heterocycles. The molecule has 0 unspecified atom stereocenters. The number of rotatable bonds is 2. The van der Waals surface area contributed by atoms with E-state index in [1.165, 1.54) is 0 Å². The number of fused-ring (bicyclic) bond motifs is 1. The predicted molar refractivity (Wildman–Crippen MR) is 59.8 cm³/mol. The summed E-state index contributed by atoms with van der Waals surface area (Å²) in [6.07, 6.45) is 5.26. The number of benzene rings is 1. The second kappa shape index (κ2) is 3.34. The number of aromatic nitrogens is 5. The Morgan fingerprint density at radius 3 is 3.06 bits per heavy atom. The van der Waals surface area contributed by atoms with E-state index in [0.717, 1.165) is 16.7 Å². The second-order valence-corrected chi connectivity index (χ2v) is 3.50. The first-order valence-electron chi connectivity index (χ1n) is 4.87. The van der Waals surface area contributed by atoms with Crippen LogP contribution in [-0.4, -0.2) is 24.7 Å². The van der Waals surface area contributed by atoms with Crippen LogP contribution in [0.15, 0.2) is 36.9 Å². The molecule has 1 aromatic carbocycles. The van der Waals surface area contributed by atoms with Crippen molar-refractivity contribution in [1.82, 2.24) is 24.7 Å². The van der Waals surface area contributed by atoms with E-state index in [1.807, 2.05) is 31.4 Å². The van der Waals surface area contributed by atoms with Gasteiger partial charge in [0, 0.05) is 19.4 Å². The van der Waals surface area contributed by atoms with E-state index in [4.69, 9.17) is 0 Å². The van der Waals surface area contributed by atoms with Crippen molar-refractivity contribution in [2.45, 2.75) is 0 Å². The fourth-order valence-electron chi connectivity index (χ4n) is 1.57. The Morgan fingerprint density at radius 1 is 1.31 bits per heavy atom. The monoisotopic (exact) mass is 214 g/mol. The SMILES string of the molecule is Cn1nnc2ccc(Nn3ccnc3)cc21. The summed E-state index contributed by atoms with van der Waals surface area (Å²) in [5, 5.41) is 7.98. The quantitative estimate of drug-likeness (QED) is 0.692. The standard InChI is InChI=1S/C10H10N6/c1-15-10-6-8(2-3-9(10)12-14-15)13-16-5-4-11-7-16/h2-7,13H,1H3. The minimum absolute atomic E-state index is 0.888. The molecule has 6 nitrogen and oxygen atoms in total. The molecule has 0 amide bonds. The third kappa shape index (κ3) is 1.40. The minimum Gasteiger partial charge on any atom is -0.293 e. The van der Waals surface area contributed by atoms with Crippen molar-refractivity contribution in [3.05, 3.63) is 36.9 Å². The lowest BCUT2D eigenvalue weighted by molar-refractivity contribution is 0.736. The van der Waals surface area contributed by atoms with Gasteiger partial charge in [0.25, 0.3) is 0 Å². The molecule has 16 heavy (non-hydrogen) atoms. The molecule has 0 fully saturated rings. The Balaban J connectivity index is 2.01. The molecule has 0 radical (unpaired) electrons. The zero-order valence-electron chi connectivity index (χ0n) is 8.70. The van der Waals surface area contributed by atoms with Gasteiger partial charge in [-0.15, -0.1) is 5.10 Å². The number of anilines is 1. The summed E-state index contributed by atoms with van der Waals surface area (Å²) in [5.74, 6) is 0. The Bertz CT molecular complexity index is 609. The van der Waals surface area contributed by atoms with E-state index in [2.05, 4.69) is 20.7 Å². The molecule has 0 atom stereocenters. The minimum atomic E-state index is 0.888. The average Bonchev–Trinajstić information content (AvgIpc) is 2.90. The molecule has 0 aliphatic carbocycles. The van der Waals surface area contributed by atoms with Crippen molar-refractivity contribution in [2.75, 3.05) is 5.43 Å². The molecule has 1 N–H and O–H groups in total. The lowest BCUT2D eigenvalue weighted by Gasteiger charge is -2.06. The molecule has 0 aliphatic heterocycles. The van der Waals surface area contributed by atoms with E-state index in [0.29, 0.717) is 0 Å². The van der Waals surface area contributed by atoms with Crippen LogP contribution in [0.1, 0.15) is 0 Å². The Kier molecular flexibility index (Phi) is 1.86. The average molecular weight is 214 g/mol. The van der Waals surface area contributed by atoms with Crippen molar-refractivity contribution < 1.29 is 0 Å². The topological polar surface area (TPSA) is 60.6 Å². The van der Waals surface area contributed by atoms with Crippen LogP contribution in [0.25, 0.3) is 11.0 Å². The zero-order valence-corrected chi connectivity index (χ0v) is 8.70. The smallest absolute Gasteiger partial charge is 0.114 e. The lowest BCUT2D eigenvalue weighted by Crippen LogP contribution is -2.05. The van der Waals surface area contributed by atoms with E-state index in [1.54, 1.807) is 21.9 Å². The third-order valence-electron chi connectivity index (χ3n) is 2.37. The first kappa shape index (κ1) is 8.90. The van der Waals surface area contributed by atoms with Crippen LogP contribution in [0.5, 0.6) is 0 Å². The Labute approximate surface area is 91.5 Å². The van der Waals surface area contributed by atoms with Gasteiger partial charge in [-0.3, -0.25) is 10.1 Å². The fourth-order valence-corrected chi connectivity index (χ4v) is 1.57. The normalized spacial score (nSPS) is 10.8. The highest BCUT2D eigenvalue weighted by Crippen LogP contribution is 2.16. The fraction of sp³-hybridized carbons (Fsp3) is 0.100. The molecule has 0 spiro atoms. The second-order valence-electron chi connectivity index (χ2n) is 3.50. The summed E-state index contributed by atoms with van der Waals surface area (Å²) in [5.41, 5.74) is 6.03. The summed E-state index contributed by atoms with van der Waals surface area (Å²) in [6, 6.07) is 5.88. The van der Waals surface area contributed by atoms with Gasteiger partial charge in [-0.05, 0) is 18.2 Å². The van der Waals surface area contributed by atoms with Gasteiger partial charge >= 0.3 is 0 Å². The maximum atomic E-state index is 4.02. The number of hydrogen-bond acceptors (Lipinski definition) is 4. The predicted octanol–water partition coefficient (Wildman–Crippen LogP) is 1.04. The van der Waals surface area contributed by atoms with Crippen LogP contribution in [0.4, 0.5) is 5.69 Å². The zero-order chi connectivity index (χ0) is 11.0. The van der Waals surface area contributed by atoms with Gasteiger partial charge in [0.05, 0.1) is 11.2 Å². The summed E-state index contributed by atoms with van der Waals surface area (Å²) in [4.78, 5) is 3.96. The summed E-state index contributed by atoms with van der Waals surface area (Å²) in [7, 11) is 1.87. The number of imidazole rings is 1. The van der Waals surface area contributed by atoms with Gasteiger partial charge < -0.3 is 0 Å². The largest absolute Gasteiger partial charge is 0.293 e. The van der Waals surface area contributed by atoms with Crippen LogP contribution in [0.3, 0.4) is 0 Å². The van der Waals surface area contributed by atoms with Crippen molar-refractivity contribution in [3.63, 3.8) is 0 Å². The highest BCUT2D eigenvalue weighted by molar-refractivity contribution is 5.78. The van der Waals surface area contributed by atoms with Crippen LogP contribution in [0, 0.1) is 0 Å². The maximum Gasteiger partial charge on any atom is 0.114 e. The molecule has 2 heterocycles. The molecular formula is C10H10N6. The van der Waals surface area contributed by atoms with Gasteiger partial charge in [0.2, 0.25) is 0 Å². The molecule has 3 rings (SSSR count). The molecule has 6 heteroatoms. The van der Waals surface area contributed by atoms with Gasteiger partial charge in [0.1, 0.15) is 11.8 Å². The van der Waals surface area contributed by atoms with E-state index in [9.17, 15) is 0 Å². The van der Waals surface area contributed by atoms with Gasteiger partial charge in [-0.1, -0.05) is 5.21 Å². The molecule has 0 bridgehead atoms. The molecular weight excluding hydrogens is 204 g/mol. The lowest BCUT2D eigenvalue weighted by atomic mass is 10.3. The molecule has 0 aliphatic rings. The van der Waals surface area contributed by atoms with Gasteiger partial charge in [0.15, 0.2) is 0 Å². The van der Waals surface area contributed by atoms with Crippen molar-refractivity contribution in [1.29, 1.82) is 0 Å². The van der Waals surface area contributed by atoms with E-state index < -0.39 is 0 Å². The van der Waals surface area contributed by atoms with Crippen molar-refractivity contribution in [3.8, 4) is 0 Å². The van der Waals surface area contributed by atoms with E-state index in [-0.39, 0.29) is 0 Å². The number of aryl methyl sites for hydroxylation is 1. The highest BCUT2D eigenvalue weighted by atomic mass is 15.4. The first-order valence-corrected chi connectivity index (χ1v) is 4.87. The molecule has 3 aromatic rings. The maximum absolute atomic E-state index is 4.02. The van der Waals surface area contributed by atoms with Crippen molar-refractivity contribution in [2.24, 2.45) is 7.05 Å². The van der Waals surface area contributed by atoms with Crippen LogP contribution >= 0.6 is 0 Å². The Hall–Kier alpha value is -2.37. The number of hydrogen-bond donors (Lipinski definition) is 1.